The van der Waals surface area contributed by atoms with Gasteiger partial charge in [-0.05, 0) is 43.5 Å². The zero-order chi connectivity index (χ0) is 26.7. The Labute approximate surface area is 213 Å². The Morgan fingerprint density at radius 3 is 2.25 bits per heavy atom. The van der Waals surface area contributed by atoms with Gasteiger partial charge in [0.1, 0.15) is 11.9 Å². The Bertz CT molecular complexity index is 1080. The highest BCUT2D eigenvalue weighted by Gasteiger charge is 2.31. The molecule has 1 atom stereocenters. The van der Waals surface area contributed by atoms with Gasteiger partial charge in [0.15, 0.2) is 0 Å². The molecule has 0 saturated carbocycles. The van der Waals surface area contributed by atoms with Gasteiger partial charge >= 0.3 is 0 Å². The largest absolute Gasteiger partial charge is 0.379 e. The van der Waals surface area contributed by atoms with Crippen LogP contribution in [0.3, 0.4) is 0 Å². The monoisotopic (exact) mass is 521 g/mol. The molecule has 0 heterocycles. The first kappa shape index (κ1) is 29.4. The van der Waals surface area contributed by atoms with E-state index in [1.165, 1.54) is 36.2 Å². The molecule has 2 amide bonds. The van der Waals surface area contributed by atoms with Crippen LogP contribution in [0.1, 0.15) is 31.4 Å². The number of carbonyl (C=O) groups is 2. The summed E-state index contributed by atoms with van der Waals surface area (Å²) in [5.41, 5.74) is 1.46. The van der Waals surface area contributed by atoms with E-state index < -0.39 is 34.3 Å². The molecule has 2 aromatic carbocycles. The number of likely N-dealkylation sites (N-methyl/N-ethyl adjacent to an activating group) is 1. The van der Waals surface area contributed by atoms with E-state index in [0.717, 1.165) is 16.1 Å². The van der Waals surface area contributed by atoms with E-state index in [1.54, 1.807) is 0 Å². The molecule has 0 fully saturated rings. The Hall–Kier alpha value is -2.82. The number of rotatable bonds is 14. The van der Waals surface area contributed by atoms with Crippen LogP contribution in [0, 0.1) is 5.82 Å². The molecule has 0 radical (unpaired) electrons. The van der Waals surface area contributed by atoms with Crippen LogP contribution in [0.15, 0.2) is 54.6 Å². The molecule has 0 aliphatic rings. The zero-order valence-electron chi connectivity index (χ0n) is 21.3. The van der Waals surface area contributed by atoms with E-state index in [1.807, 2.05) is 44.2 Å². The fourth-order valence-corrected chi connectivity index (χ4v) is 3.80. The van der Waals surface area contributed by atoms with Crippen molar-refractivity contribution in [2.45, 2.75) is 45.4 Å². The maximum atomic E-state index is 13.5. The second-order valence-corrected chi connectivity index (χ2v) is 11.0. The molecule has 0 saturated heterocycles. The minimum absolute atomic E-state index is 0.0120. The molecular formula is C26H36FN3O5S. The first-order valence-corrected chi connectivity index (χ1v) is 13.7. The SMILES string of the molecule is CC(C)OCCCNC(=O)[C@H](Cc1ccccc1)N(Cc1ccc(F)cc1)C(=O)CN(C)S(C)(=O)=O. The molecule has 0 unspecified atom stereocenters. The van der Waals surface area contributed by atoms with E-state index in [-0.39, 0.29) is 25.0 Å². The molecule has 8 nitrogen and oxygen atoms in total. The summed E-state index contributed by atoms with van der Waals surface area (Å²) in [6.45, 7) is 4.29. The molecule has 198 valence electrons. The highest BCUT2D eigenvalue weighted by molar-refractivity contribution is 7.88. The van der Waals surface area contributed by atoms with E-state index in [0.29, 0.717) is 25.1 Å². The molecule has 2 aromatic rings. The number of benzene rings is 2. The predicted octanol–water partition coefficient (Wildman–Crippen LogP) is 2.59. The van der Waals surface area contributed by atoms with Gasteiger partial charge in [0.2, 0.25) is 21.8 Å². The van der Waals surface area contributed by atoms with Crippen molar-refractivity contribution in [3.8, 4) is 0 Å². The van der Waals surface area contributed by atoms with Crippen LogP contribution in [0.5, 0.6) is 0 Å². The lowest BCUT2D eigenvalue weighted by Gasteiger charge is -2.32. The van der Waals surface area contributed by atoms with Gasteiger partial charge in [-0.2, -0.15) is 4.31 Å². The molecule has 36 heavy (non-hydrogen) atoms. The summed E-state index contributed by atoms with van der Waals surface area (Å²) in [6.07, 6.45) is 1.93. The highest BCUT2D eigenvalue weighted by atomic mass is 32.2. The van der Waals surface area contributed by atoms with Gasteiger partial charge in [-0.25, -0.2) is 12.8 Å². The number of ether oxygens (including phenoxy) is 1. The molecule has 0 spiro atoms. The lowest BCUT2D eigenvalue weighted by molar-refractivity contribution is -0.141. The summed E-state index contributed by atoms with van der Waals surface area (Å²) >= 11 is 0. The second kappa shape index (κ2) is 14.1. The predicted molar refractivity (Wildman–Crippen MR) is 137 cm³/mol. The van der Waals surface area contributed by atoms with Gasteiger partial charge < -0.3 is 15.0 Å². The topological polar surface area (TPSA) is 96.0 Å². The summed E-state index contributed by atoms with van der Waals surface area (Å²) in [5, 5.41) is 2.89. The third kappa shape index (κ3) is 10.0. The average molecular weight is 522 g/mol. The third-order valence-electron chi connectivity index (χ3n) is 5.53. The van der Waals surface area contributed by atoms with Crippen LogP contribution in [0.4, 0.5) is 4.39 Å². The second-order valence-electron chi connectivity index (χ2n) is 8.94. The summed E-state index contributed by atoms with van der Waals surface area (Å²) in [7, 11) is -2.31. The zero-order valence-corrected chi connectivity index (χ0v) is 22.1. The minimum atomic E-state index is -3.62. The molecule has 0 aliphatic heterocycles. The van der Waals surface area contributed by atoms with Gasteiger partial charge in [0, 0.05) is 33.2 Å². The quantitative estimate of drug-likeness (QED) is 0.386. The molecular weight excluding hydrogens is 485 g/mol. The number of carbonyl (C=O) groups excluding carboxylic acids is 2. The molecule has 1 N–H and O–H groups in total. The van der Waals surface area contributed by atoms with Gasteiger partial charge in [0.25, 0.3) is 0 Å². The van der Waals surface area contributed by atoms with Crippen molar-refractivity contribution in [3.05, 3.63) is 71.5 Å². The van der Waals surface area contributed by atoms with Crippen molar-refractivity contribution in [1.82, 2.24) is 14.5 Å². The standard InChI is InChI=1S/C26H36FN3O5S/c1-20(2)35-16-8-15-28-26(32)24(17-21-9-6-5-7-10-21)30(18-22-11-13-23(27)14-12-22)25(31)19-29(3)36(4,33)34/h5-7,9-14,20,24H,8,15-19H2,1-4H3,(H,28,32)/t24-/m0/s1. The van der Waals surface area contributed by atoms with Crippen molar-refractivity contribution in [1.29, 1.82) is 0 Å². The fraction of sp³-hybridized carbons (Fsp3) is 0.462. The van der Waals surface area contributed by atoms with Crippen LogP contribution in [-0.4, -0.2) is 74.6 Å². The summed E-state index contributed by atoms with van der Waals surface area (Å²) < 4.78 is 43.8. The summed E-state index contributed by atoms with van der Waals surface area (Å²) in [4.78, 5) is 28.1. The lowest BCUT2D eigenvalue weighted by Crippen LogP contribution is -2.53. The minimum Gasteiger partial charge on any atom is -0.379 e. The van der Waals surface area contributed by atoms with Crippen LogP contribution >= 0.6 is 0 Å². The Morgan fingerprint density at radius 2 is 1.67 bits per heavy atom. The van der Waals surface area contributed by atoms with Crippen LogP contribution in [0.25, 0.3) is 0 Å². The highest BCUT2D eigenvalue weighted by Crippen LogP contribution is 2.16. The van der Waals surface area contributed by atoms with Crippen LogP contribution in [-0.2, 0) is 37.3 Å². The number of amides is 2. The average Bonchev–Trinajstić information content (AvgIpc) is 2.82. The van der Waals surface area contributed by atoms with Gasteiger partial charge in [-0.15, -0.1) is 0 Å². The summed E-state index contributed by atoms with van der Waals surface area (Å²) in [5.74, 6) is -1.32. The van der Waals surface area contributed by atoms with E-state index in [2.05, 4.69) is 5.32 Å². The smallest absolute Gasteiger partial charge is 0.243 e. The van der Waals surface area contributed by atoms with Crippen LogP contribution < -0.4 is 5.32 Å². The van der Waals surface area contributed by atoms with Gasteiger partial charge in [0.05, 0.1) is 18.9 Å². The molecule has 0 bridgehead atoms. The molecule has 2 rings (SSSR count). The number of nitrogens with one attached hydrogen (secondary N) is 1. The molecule has 0 aliphatic carbocycles. The molecule has 0 aromatic heterocycles. The normalized spacial score (nSPS) is 12.5. The van der Waals surface area contributed by atoms with Crippen LogP contribution in [0.2, 0.25) is 0 Å². The first-order chi connectivity index (χ1) is 17.0. The van der Waals surface area contributed by atoms with E-state index >= 15 is 0 Å². The van der Waals surface area contributed by atoms with Gasteiger partial charge in [-0.3, -0.25) is 9.59 Å². The number of sulfonamides is 1. The van der Waals surface area contributed by atoms with E-state index in [4.69, 9.17) is 4.74 Å². The number of nitrogens with zero attached hydrogens (tertiary/aromatic N) is 2. The van der Waals surface area contributed by atoms with Crippen molar-refractivity contribution in [2.24, 2.45) is 0 Å². The van der Waals surface area contributed by atoms with Crippen molar-refractivity contribution >= 4 is 21.8 Å². The number of halogens is 1. The number of hydrogen-bond acceptors (Lipinski definition) is 5. The van der Waals surface area contributed by atoms with Crippen molar-refractivity contribution < 1.29 is 27.1 Å². The van der Waals surface area contributed by atoms with Crippen molar-refractivity contribution in [3.63, 3.8) is 0 Å². The van der Waals surface area contributed by atoms with E-state index in [9.17, 15) is 22.4 Å². The lowest BCUT2D eigenvalue weighted by atomic mass is 10.0. The first-order valence-electron chi connectivity index (χ1n) is 11.9. The molecule has 10 heteroatoms. The summed E-state index contributed by atoms with van der Waals surface area (Å²) in [6, 6.07) is 14.0. The fourth-order valence-electron chi connectivity index (χ4n) is 3.46. The Morgan fingerprint density at radius 1 is 1.03 bits per heavy atom. The van der Waals surface area contributed by atoms with Gasteiger partial charge in [-0.1, -0.05) is 42.5 Å². The number of hydrogen-bond donors (Lipinski definition) is 1. The van der Waals surface area contributed by atoms with Crippen molar-refractivity contribution in [2.75, 3.05) is 33.0 Å². The Kier molecular flexibility index (Phi) is 11.5. The maximum absolute atomic E-state index is 13.5. The third-order valence-corrected chi connectivity index (χ3v) is 6.79. The maximum Gasteiger partial charge on any atom is 0.243 e. The Balaban J connectivity index is 2.33.